The van der Waals surface area contributed by atoms with E-state index in [0.29, 0.717) is 18.3 Å². The molecule has 1 N–H and O–H groups in total. The largest absolute Gasteiger partial charge is 0.493 e. The molecule has 0 amide bonds. The van der Waals surface area contributed by atoms with Gasteiger partial charge in [-0.05, 0) is 75.6 Å². The van der Waals surface area contributed by atoms with Gasteiger partial charge in [-0.2, -0.15) is 0 Å². The second-order valence-electron chi connectivity index (χ2n) is 7.88. The zero-order valence-electron chi connectivity index (χ0n) is 17.6. The SMILES string of the molecule is COc1cc2c(Nc3ccc(Br)cc3C)ncnc2cc1OCC1CCN(C)CC1. The maximum Gasteiger partial charge on any atom is 0.163 e. The van der Waals surface area contributed by atoms with Crippen LogP contribution in [-0.4, -0.2) is 48.7 Å². The second kappa shape index (κ2) is 9.18. The summed E-state index contributed by atoms with van der Waals surface area (Å²) in [5, 5.41) is 4.32. The first-order chi connectivity index (χ1) is 14.5. The summed E-state index contributed by atoms with van der Waals surface area (Å²) >= 11 is 3.51. The van der Waals surface area contributed by atoms with Gasteiger partial charge in [0.1, 0.15) is 12.1 Å². The molecule has 0 bridgehead atoms. The highest BCUT2D eigenvalue weighted by Crippen LogP contribution is 2.36. The Bertz CT molecular complexity index is 1040. The van der Waals surface area contributed by atoms with Crippen molar-refractivity contribution in [3.63, 3.8) is 0 Å². The van der Waals surface area contributed by atoms with Crippen LogP contribution < -0.4 is 14.8 Å². The first kappa shape index (κ1) is 20.9. The summed E-state index contributed by atoms with van der Waals surface area (Å²) < 4.78 is 12.9. The van der Waals surface area contributed by atoms with Crippen molar-refractivity contribution in [1.82, 2.24) is 14.9 Å². The van der Waals surface area contributed by atoms with Gasteiger partial charge in [-0.3, -0.25) is 0 Å². The molecular weight excluding hydrogens is 444 g/mol. The molecule has 6 nitrogen and oxygen atoms in total. The number of halogens is 1. The van der Waals surface area contributed by atoms with Crippen molar-refractivity contribution in [2.24, 2.45) is 5.92 Å². The molecule has 0 saturated carbocycles. The first-order valence-electron chi connectivity index (χ1n) is 10.2. The first-order valence-corrected chi connectivity index (χ1v) is 11.0. The predicted octanol–water partition coefficient (Wildman–Crippen LogP) is 5.17. The van der Waals surface area contributed by atoms with Crippen LogP contribution in [0.15, 0.2) is 41.1 Å². The van der Waals surface area contributed by atoms with Crippen molar-refractivity contribution < 1.29 is 9.47 Å². The van der Waals surface area contributed by atoms with Gasteiger partial charge < -0.3 is 19.7 Å². The summed E-state index contributed by atoms with van der Waals surface area (Å²) in [5.74, 6) is 2.74. The lowest BCUT2D eigenvalue weighted by Crippen LogP contribution is -2.32. The standard InChI is InChI=1S/C23H27BrN4O2/c1-15-10-17(24)4-5-19(15)27-23-18-11-21(29-3)22(12-20(18)25-14-26-23)30-13-16-6-8-28(2)9-7-16/h4-5,10-12,14,16H,6-9,13H2,1-3H3,(H,25,26,27). The molecule has 1 aromatic heterocycles. The van der Waals surface area contributed by atoms with Gasteiger partial charge in [-0.1, -0.05) is 15.9 Å². The van der Waals surface area contributed by atoms with Gasteiger partial charge in [0.15, 0.2) is 11.5 Å². The minimum atomic E-state index is 0.574. The fourth-order valence-corrected chi connectivity index (χ4v) is 4.24. The Balaban J connectivity index is 1.58. The van der Waals surface area contributed by atoms with Crippen LogP contribution in [0.1, 0.15) is 18.4 Å². The van der Waals surface area contributed by atoms with Gasteiger partial charge in [0.2, 0.25) is 0 Å². The molecule has 1 aliphatic rings. The molecule has 1 fully saturated rings. The molecule has 0 unspecified atom stereocenters. The Morgan fingerprint density at radius 3 is 2.67 bits per heavy atom. The van der Waals surface area contributed by atoms with E-state index in [9.17, 15) is 0 Å². The number of anilines is 2. The van der Waals surface area contributed by atoms with Gasteiger partial charge in [0.05, 0.1) is 19.2 Å². The van der Waals surface area contributed by atoms with Gasteiger partial charge in [0.25, 0.3) is 0 Å². The predicted molar refractivity (Wildman–Crippen MR) is 124 cm³/mol. The van der Waals surface area contributed by atoms with Gasteiger partial charge in [0, 0.05) is 21.6 Å². The summed E-state index contributed by atoms with van der Waals surface area (Å²) in [5.41, 5.74) is 2.95. The highest BCUT2D eigenvalue weighted by atomic mass is 79.9. The minimum Gasteiger partial charge on any atom is -0.493 e. The molecule has 158 valence electrons. The van der Waals surface area contributed by atoms with Crippen LogP contribution in [0.5, 0.6) is 11.5 Å². The average Bonchev–Trinajstić information content (AvgIpc) is 2.75. The number of nitrogens with one attached hydrogen (secondary N) is 1. The van der Waals surface area contributed by atoms with E-state index in [-0.39, 0.29) is 0 Å². The van der Waals surface area contributed by atoms with Gasteiger partial charge in [-0.25, -0.2) is 9.97 Å². The molecule has 3 aromatic rings. The molecule has 0 radical (unpaired) electrons. The van der Waals surface area contributed by atoms with Crippen LogP contribution in [0.25, 0.3) is 10.9 Å². The summed E-state index contributed by atoms with van der Waals surface area (Å²) in [7, 11) is 3.84. The lowest BCUT2D eigenvalue weighted by atomic mass is 9.98. The monoisotopic (exact) mass is 470 g/mol. The van der Waals surface area contributed by atoms with E-state index in [1.165, 1.54) is 0 Å². The van der Waals surface area contributed by atoms with Crippen LogP contribution in [0.4, 0.5) is 11.5 Å². The van der Waals surface area contributed by atoms with Crippen molar-refractivity contribution in [2.75, 3.05) is 39.2 Å². The van der Waals surface area contributed by atoms with Crippen LogP contribution in [-0.2, 0) is 0 Å². The second-order valence-corrected chi connectivity index (χ2v) is 8.80. The minimum absolute atomic E-state index is 0.574. The highest BCUT2D eigenvalue weighted by Gasteiger charge is 2.19. The van der Waals surface area contributed by atoms with Crippen LogP contribution in [0.3, 0.4) is 0 Å². The fourth-order valence-electron chi connectivity index (χ4n) is 3.77. The smallest absolute Gasteiger partial charge is 0.163 e. The number of aryl methyl sites for hydroxylation is 1. The molecule has 2 aromatic carbocycles. The highest BCUT2D eigenvalue weighted by molar-refractivity contribution is 9.10. The Kier molecular flexibility index (Phi) is 6.39. The molecule has 0 aliphatic carbocycles. The lowest BCUT2D eigenvalue weighted by Gasteiger charge is -2.28. The summed E-state index contributed by atoms with van der Waals surface area (Å²) in [6.07, 6.45) is 3.90. The molecule has 30 heavy (non-hydrogen) atoms. The van der Waals surface area contributed by atoms with Gasteiger partial charge >= 0.3 is 0 Å². The molecule has 1 saturated heterocycles. The number of piperidine rings is 1. The third-order valence-electron chi connectivity index (χ3n) is 5.67. The van der Waals surface area contributed by atoms with Crippen molar-refractivity contribution in [1.29, 1.82) is 0 Å². The number of hydrogen-bond acceptors (Lipinski definition) is 6. The van der Waals surface area contributed by atoms with Crippen LogP contribution in [0.2, 0.25) is 0 Å². The quantitative estimate of drug-likeness (QED) is 0.535. The molecular formula is C23H27BrN4O2. The zero-order valence-corrected chi connectivity index (χ0v) is 19.2. The summed E-state index contributed by atoms with van der Waals surface area (Å²) in [6, 6.07) is 10.0. The topological polar surface area (TPSA) is 59.5 Å². The average molecular weight is 471 g/mol. The van der Waals surface area contributed by atoms with Crippen LogP contribution in [0, 0.1) is 12.8 Å². The number of nitrogens with zero attached hydrogens (tertiary/aromatic N) is 3. The normalized spacial score (nSPS) is 15.3. The summed E-state index contributed by atoms with van der Waals surface area (Å²) in [6.45, 7) is 5.01. The number of methoxy groups -OCH3 is 1. The van der Waals surface area contributed by atoms with Gasteiger partial charge in [-0.15, -0.1) is 0 Å². The fraction of sp³-hybridized carbons (Fsp3) is 0.391. The number of ether oxygens (including phenoxy) is 2. The number of fused-ring (bicyclic) bond motifs is 1. The Hall–Kier alpha value is -2.38. The van der Waals surface area contributed by atoms with Crippen molar-refractivity contribution >= 4 is 38.3 Å². The Morgan fingerprint density at radius 2 is 1.93 bits per heavy atom. The number of rotatable bonds is 6. The maximum atomic E-state index is 6.17. The number of benzene rings is 2. The third-order valence-corrected chi connectivity index (χ3v) is 6.17. The summed E-state index contributed by atoms with van der Waals surface area (Å²) in [4.78, 5) is 11.3. The molecule has 1 aliphatic heterocycles. The van der Waals surface area contributed by atoms with E-state index in [4.69, 9.17) is 9.47 Å². The van der Waals surface area contributed by atoms with E-state index in [0.717, 1.165) is 64.1 Å². The van der Waals surface area contributed by atoms with E-state index < -0.39 is 0 Å². The number of hydrogen-bond donors (Lipinski definition) is 1. The van der Waals surface area contributed by atoms with Crippen molar-refractivity contribution in [3.8, 4) is 11.5 Å². The molecule has 4 rings (SSSR count). The molecule has 2 heterocycles. The lowest BCUT2D eigenvalue weighted by molar-refractivity contribution is 0.157. The third kappa shape index (κ3) is 4.68. The Labute approximate surface area is 185 Å². The Morgan fingerprint density at radius 1 is 1.13 bits per heavy atom. The van der Waals surface area contributed by atoms with E-state index >= 15 is 0 Å². The van der Waals surface area contributed by atoms with E-state index in [1.807, 2.05) is 24.3 Å². The molecule has 0 spiro atoms. The molecule has 7 heteroatoms. The van der Waals surface area contributed by atoms with E-state index in [2.05, 4.69) is 56.2 Å². The maximum absolute atomic E-state index is 6.17. The van der Waals surface area contributed by atoms with E-state index in [1.54, 1.807) is 13.4 Å². The van der Waals surface area contributed by atoms with Crippen molar-refractivity contribution in [3.05, 3.63) is 46.7 Å². The molecule has 0 atom stereocenters. The van der Waals surface area contributed by atoms with Crippen molar-refractivity contribution in [2.45, 2.75) is 19.8 Å². The zero-order chi connectivity index (χ0) is 21.1. The van der Waals surface area contributed by atoms with Crippen LogP contribution >= 0.6 is 15.9 Å². The number of likely N-dealkylation sites (tertiary alicyclic amines) is 1. The number of aromatic nitrogens is 2.